The Hall–Kier alpha value is -2.45. The molecule has 3 aliphatic heterocycles. The van der Waals surface area contributed by atoms with Crippen LogP contribution in [0.2, 0.25) is 0 Å². The average molecular weight is 457 g/mol. The zero-order valence-electron chi connectivity index (χ0n) is 20.3. The van der Waals surface area contributed by atoms with Crippen LogP contribution >= 0.6 is 0 Å². The number of ketones is 1. The largest absolute Gasteiger partial charge is 0.369 e. The molecule has 0 aliphatic carbocycles. The highest BCUT2D eigenvalue weighted by atomic mass is 16.5. The van der Waals surface area contributed by atoms with E-state index >= 15 is 0 Å². The number of hydrogen-bond acceptors (Lipinski definition) is 6. The fourth-order valence-electron chi connectivity index (χ4n) is 5.04. The average Bonchev–Trinajstić information content (AvgIpc) is 3.32. The van der Waals surface area contributed by atoms with E-state index in [-0.39, 0.29) is 36.2 Å². The second-order valence-corrected chi connectivity index (χ2v) is 10.8. The van der Waals surface area contributed by atoms with Crippen LogP contribution < -0.4 is 10.2 Å². The topological polar surface area (TPSA) is 82.2 Å². The summed E-state index contributed by atoms with van der Waals surface area (Å²) in [6.07, 6.45) is -0.250. The van der Waals surface area contributed by atoms with Gasteiger partial charge in [-0.1, -0.05) is 27.7 Å². The number of benzene rings is 1. The molecule has 0 radical (unpaired) electrons. The molecule has 33 heavy (non-hydrogen) atoms. The van der Waals surface area contributed by atoms with Gasteiger partial charge in [0.25, 0.3) is 5.91 Å². The van der Waals surface area contributed by atoms with E-state index in [4.69, 9.17) is 4.74 Å². The molecule has 0 saturated carbocycles. The van der Waals surface area contributed by atoms with Crippen LogP contribution in [0, 0.1) is 11.3 Å². The predicted molar refractivity (Wildman–Crippen MR) is 126 cm³/mol. The number of nitrogens with one attached hydrogen (secondary N) is 1. The number of hydrogen-bond donors (Lipinski definition) is 1. The molecule has 8 heteroatoms. The standard InChI is InChI=1S/C25H36N4O4/c1-16-14-29(20-19(30)15-33-21(16)20)24(32)22(25(2,3)4)26-23(31)17-6-8-18(9-7-17)28-12-10-27(5)11-13-28/h6-9,16,20-22H,10-15H2,1-5H3,(H,26,31)/t16-,20+,21+,22?/m0/s1. The van der Waals surface area contributed by atoms with Gasteiger partial charge in [0.15, 0.2) is 5.78 Å². The number of carbonyl (C=O) groups excluding carboxylic acids is 3. The molecule has 180 valence electrons. The van der Waals surface area contributed by atoms with Crippen molar-refractivity contribution >= 4 is 23.3 Å². The first-order chi connectivity index (χ1) is 15.6. The molecule has 0 spiro atoms. The number of ether oxygens (including phenoxy) is 1. The number of likely N-dealkylation sites (tertiary alicyclic amines) is 1. The maximum absolute atomic E-state index is 13.6. The summed E-state index contributed by atoms with van der Waals surface area (Å²) in [4.78, 5) is 45.3. The smallest absolute Gasteiger partial charge is 0.251 e. The van der Waals surface area contributed by atoms with Gasteiger partial charge in [0, 0.05) is 49.9 Å². The molecule has 1 unspecified atom stereocenters. The van der Waals surface area contributed by atoms with Crippen LogP contribution in [0.5, 0.6) is 0 Å². The van der Waals surface area contributed by atoms with Crippen molar-refractivity contribution in [3.8, 4) is 0 Å². The molecule has 1 N–H and O–H groups in total. The molecule has 0 bridgehead atoms. The Balaban J connectivity index is 1.47. The third-order valence-corrected chi connectivity index (χ3v) is 7.11. The zero-order valence-corrected chi connectivity index (χ0v) is 20.3. The molecule has 3 fully saturated rings. The summed E-state index contributed by atoms with van der Waals surface area (Å²) in [6, 6.07) is 6.27. The molecule has 2 amide bonds. The highest BCUT2D eigenvalue weighted by Crippen LogP contribution is 2.33. The van der Waals surface area contributed by atoms with E-state index in [1.807, 2.05) is 52.0 Å². The number of nitrogens with zero attached hydrogens (tertiary/aromatic N) is 3. The number of Topliss-reactive ketones (excluding diaryl/α,β-unsaturated/α-hetero) is 1. The van der Waals surface area contributed by atoms with Gasteiger partial charge in [-0.2, -0.15) is 0 Å². The fraction of sp³-hybridized carbons (Fsp3) is 0.640. The number of amides is 2. The lowest BCUT2D eigenvalue weighted by Gasteiger charge is -2.35. The summed E-state index contributed by atoms with van der Waals surface area (Å²) < 4.78 is 5.63. The van der Waals surface area contributed by atoms with E-state index < -0.39 is 17.5 Å². The lowest BCUT2D eigenvalue weighted by atomic mass is 9.85. The molecule has 1 aromatic carbocycles. The number of carbonyl (C=O) groups is 3. The summed E-state index contributed by atoms with van der Waals surface area (Å²) in [5.74, 6) is -0.478. The number of piperazine rings is 1. The molecular weight excluding hydrogens is 420 g/mol. The Morgan fingerprint density at radius 1 is 1.09 bits per heavy atom. The Morgan fingerprint density at radius 3 is 2.33 bits per heavy atom. The Morgan fingerprint density at radius 2 is 1.73 bits per heavy atom. The van der Waals surface area contributed by atoms with Crippen molar-refractivity contribution in [2.24, 2.45) is 11.3 Å². The summed E-state index contributed by atoms with van der Waals surface area (Å²) in [5, 5.41) is 2.96. The predicted octanol–water partition coefficient (Wildman–Crippen LogP) is 1.40. The van der Waals surface area contributed by atoms with Gasteiger partial charge in [-0.3, -0.25) is 14.4 Å². The van der Waals surface area contributed by atoms with E-state index in [2.05, 4.69) is 22.2 Å². The molecule has 0 aromatic heterocycles. The lowest BCUT2D eigenvalue weighted by molar-refractivity contribution is -0.140. The van der Waals surface area contributed by atoms with Crippen LogP contribution in [0.15, 0.2) is 24.3 Å². The Kier molecular flexibility index (Phi) is 6.51. The molecule has 1 aromatic rings. The third kappa shape index (κ3) is 4.77. The third-order valence-electron chi connectivity index (χ3n) is 7.11. The van der Waals surface area contributed by atoms with Gasteiger partial charge in [0.1, 0.15) is 18.7 Å². The molecule has 4 atom stereocenters. The van der Waals surface area contributed by atoms with Gasteiger partial charge in [-0.05, 0) is 36.7 Å². The quantitative estimate of drug-likeness (QED) is 0.738. The van der Waals surface area contributed by atoms with Crippen molar-refractivity contribution in [3.05, 3.63) is 29.8 Å². The minimum atomic E-state index is -0.748. The molecule has 8 nitrogen and oxygen atoms in total. The van der Waals surface area contributed by atoms with Crippen molar-refractivity contribution in [2.75, 3.05) is 51.3 Å². The SMILES string of the molecule is C[C@H]1CN(C(=O)C(NC(=O)c2ccc(N3CCN(C)CC3)cc2)C(C)(C)C)[C@@H]2C(=O)CO[C@@H]21. The van der Waals surface area contributed by atoms with Gasteiger partial charge < -0.3 is 24.8 Å². The number of fused-ring (bicyclic) bond motifs is 1. The summed E-state index contributed by atoms with van der Waals surface area (Å²) in [7, 11) is 2.12. The van der Waals surface area contributed by atoms with Crippen molar-refractivity contribution in [1.29, 1.82) is 0 Å². The first-order valence-electron chi connectivity index (χ1n) is 11.9. The minimum Gasteiger partial charge on any atom is -0.369 e. The van der Waals surface area contributed by atoms with Crippen molar-refractivity contribution < 1.29 is 19.1 Å². The van der Waals surface area contributed by atoms with Crippen LogP contribution in [-0.2, 0) is 14.3 Å². The number of anilines is 1. The minimum absolute atomic E-state index is 0.0512. The van der Waals surface area contributed by atoms with Gasteiger partial charge in [0.05, 0.1) is 6.10 Å². The Labute approximate surface area is 196 Å². The Bertz CT molecular complexity index is 902. The number of likely N-dealkylation sites (N-methyl/N-ethyl adjacent to an activating group) is 1. The van der Waals surface area contributed by atoms with Crippen molar-refractivity contribution in [3.63, 3.8) is 0 Å². The van der Waals surface area contributed by atoms with Gasteiger partial charge in [0.2, 0.25) is 5.91 Å². The van der Waals surface area contributed by atoms with Crippen molar-refractivity contribution in [1.82, 2.24) is 15.1 Å². The van der Waals surface area contributed by atoms with Crippen LogP contribution in [0.25, 0.3) is 0 Å². The van der Waals surface area contributed by atoms with Crippen LogP contribution in [0.4, 0.5) is 5.69 Å². The van der Waals surface area contributed by atoms with Gasteiger partial charge >= 0.3 is 0 Å². The fourth-order valence-corrected chi connectivity index (χ4v) is 5.04. The highest BCUT2D eigenvalue weighted by molar-refractivity contribution is 5.99. The summed E-state index contributed by atoms with van der Waals surface area (Å²) >= 11 is 0. The molecule has 4 rings (SSSR count). The monoisotopic (exact) mass is 456 g/mol. The molecule has 3 saturated heterocycles. The molecule has 3 aliphatic rings. The van der Waals surface area contributed by atoms with E-state index in [0.29, 0.717) is 12.1 Å². The number of rotatable bonds is 4. The van der Waals surface area contributed by atoms with Crippen LogP contribution in [0.1, 0.15) is 38.1 Å². The summed E-state index contributed by atoms with van der Waals surface area (Å²) in [5.41, 5.74) is 1.10. The first kappa shape index (κ1) is 23.7. The molecular formula is C25H36N4O4. The maximum atomic E-state index is 13.6. The van der Waals surface area contributed by atoms with E-state index in [9.17, 15) is 14.4 Å². The lowest BCUT2D eigenvalue weighted by Crippen LogP contribution is -2.57. The van der Waals surface area contributed by atoms with Gasteiger partial charge in [-0.15, -0.1) is 0 Å². The highest BCUT2D eigenvalue weighted by Gasteiger charge is 2.52. The maximum Gasteiger partial charge on any atom is 0.251 e. The molecule has 3 heterocycles. The van der Waals surface area contributed by atoms with E-state index in [1.165, 1.54) is 0 Å². The van der Waals surface area contributed by atoms with Crippen LogP contribution in [0.3, 0.4) is 0 Å². The van der Waals surface area contributed by atoms with Crippen LogP contribution in [-0.4, -0.2) is 92.0 Å². The van der Waals surface area contributed by atoms with E-state index in [1.54, 1.807) is 4.90 Å². The first-order valence-corrected chi connectivity index (χ1v) is 11.9. The normalized spacial score (nSPS) is 26.9. The second kappa shape index (κ2) is 9.06. The van der Waals surface area contributed by atoms with Crippen molar-refractivity contribution in [2.45, 2.75) is 45.9 Å². The second-order valence-electron chi connectivity index (χ2n) is 10.8. The summed E-state index contributed by atoms with van der Waals surface area (Å²) in [6.45, 7) is 12.2. The zero-order chi connectivity index (χ0) is 23.9. The van der Waals surface area contributed by atoms with Gasteiger partial charge in [-0.25, -0.2) is 0 Å². The van der Waals surface area contributed by atoms with E-state index in [0.717, 1.165) is 31.9 Å².